The molecule has 1 aromatic heterocycles. The first-order valence-corrected chi connectivity index (χ1v) is 10.6. The Morgan fingerprint density at radius 2 is 2.06 bits per heavy atom. The van der Waals surface area contributed by atoms with Gasteiger partial charge in [0.05, 0.1) is 16.8 Å². The van der Waals surface area contributed by atoms with E-state index in [1.807, 2.05) is 18.2 Å². The van der Waals surface area contributed by atoms with Gasteiger partial charge < -0.3 is 10.2 Å². The number of nitriles is 1. The molecule has 5 nitrogen and oxygen atoms in total. The molecule has 1 aliphatic rings. The van der Waals surface area contributed by atoms with Crippen LogP contribution < -0.4 is 10.2 Å². The number of aromatic nitrogens is 1. The standard InChI is InChI=1S/C24H22ClFN4O/c1-15-2-3-16(10-21(15)26)13-29-24(31)17-6-8-30(9-7-17)23-18(12-27)14-28-22-5-4-19(25)11-20(22)23/h2-5,10-11,14,17H,6-9,13H2,1H3,(H,29,31). The van der Waals surface area contributed by atoms with Crippen LogP contribution in [0.2, 0.25) is 5.02 Å². The number of benzene rings is 2. The number of pyridine rings is 1. The molecule has 3 aromatic rings. The smallest absolute Gasteiger partial charge is 0.223 e. The molecular formula is C24H22ClFN4O. The second kappa shape index (κ2) is 8.91. The molecule has 158 valence electrons. The average molecular weight is 437 g/mol. The summed E-state index contributed by atoms with van der Waals surface area (Å²) in [5, 5.41) is 14.0. The molecule has 31 heavy (non-hydrogen) atoms. The van der Waals surface area contributed by atoms with Crippen molar-refractivity contribution in [2.45, 2.75) is 26.3 Å². The van der Waals surface area contributed by atoms with E-state index in [2.05, 4.69) is 21.3 Å². The first-order chi connectivity index (χ1) is 15.0. The molecule has 1 saturated heterocycles. The molecule has 4 rings (SSSR count). The number of carbonyl (C=O) groups is 1. The molecular weight excluding hydrogens is 415 g/mol. The van der Waals surface area contributed by atoms with Gasteiger partial charge in [0.25, 0.3) is 0 Å². The zero-order valence-corrected chi connectivity index (χ0v) is 17.9. The van der Waals surface area contributed by atoms with E-state index in [0.29, 0.717) is 48.6 Å². The number of piperidine rings is 1. The Labute approximate surface area is 185 Å². The van der Waals surface area contributed by atoms with Crippen LogP contribution in [0.25, 0.3) is 10.9 Å². The van der Waals surface area contributed by atoms with Crippen LogP contribution in [0.15, 0.2) is 42.6 Å². The third-order valence-corrected chi connectivity index (χ3v) is 6.04. The molecule has 0 unspecified atom stereocenters. The fourth-order valence-corrected chi connectivity index (χ4v) is 4.19. The van der Waals surface area contributed by atoms with Crippen LogP contribution in [-0.2, 0) is 11.3 Å². The van der Waals surface area contributed by atoms with Gasteiger partial charge in [-0.1, -0.05) is 23.7 Å². The molecule has 0 atom stereocenters. The van der Waals surface area contributed by atoms with Gasteiger partial charge in [-0.15, -0.1) is 0 Å². The van der Waals surface area contributed by atoms with E-state index in [1.165, 1.54) is 6.07 Å². The van der Waals surface area contributed by atoms with Crippen LogP contribution in [0.1, 0.15) is 29.5 Å². The molecule has 2 heterocycles. The van der Waals surface area contributed by atoms with Gasteiger partial charge >= 0.3 is 0 Å². The van der Waals surface area contributed by atoms with Gasteiger partial charge in [0, 0.05) is 42.2 Å². The van der Waals surface area contributed by atoms with Gasteiger partial charge in [-0.2, -0.15) is 5.26 Å². The molecule has 1 aliphatic heterocycles. The Kier molecular flexibility index (Phi) is 6.06. The fraction of sp³-hybridized carbons (Fsp3) is 0.292. The highest BCUT2D eigenvalue weighted by Crippen LogP contribution is 2.34. The summed E-state index contributed by atoms with van der Waals surface area (Å²) in [5.74, 6) is -0.407. The van der Waals surface area contributed by atoms with Crippen molar-refractivity contribution in [3.8, 4) is 6.07 Å². The van der Waals surface area contributed by atoms with Crippen LogP contribution in [0.3, 0.4) is 0 Å². The monoisotopic (exact) mass is 436 g/mol. The highest BCUT2D eigenvalue weighted by atomic mass is 35.5. The molecule has 0 saturated carbocycles. The van der Waals surface area contributed by atoms with Crippen LogP contribution in [-0.4, -0.2) is 24.0 Å². The second-order valence-electron chi connectivity index (χ2n) is 7.86. The molecule has 1 amide bonds. The van der Waals surface area contributed by atoms with Crippen LogP contribution in [0.5, 0.6) is 0 Å². The SMILES string of the molecule is Cc1ccc(CNC(=O)C2CCN(c3c(C#N)cnc4ccc(Cl)cc34)CC2)cc1F. The lowest BCUT2D eigenvalue weighted by Gasteiger charge is -2.34. The quantitative estimate of drug-likeness (QED) is 0.641. The first kappa shape index (κ1) is 21.1. The van der Waals surface area contributed by atoms with Crippen molar-refractivity contribution in [2.75, 3.05) is 18.0 Å². The van der Waals surface area contributed by atoms with Gasteiger partial charge in [0.1, 0.15) is 11.9 Å². The predicted molar refractivity (Wildman–Crippen MR) is 119 cm³/mol. The first-order valence-electron chi connectivity index (χ1n) is 10.2. The lowest BCUT2D eigenvalue weighted by Crippen LogP contribution is -2.40. The van der Waals surface area contributed by atoms with Crippen LogP contribution in [0, 0.1) is 30.0 Å². The number of hydrogen-bond donors (Lipinski definition) is 1. The van der Waals surface area contributed by atoms with Crippen LogP contribution >= 0.6 is 11.6 Å². The minimum absolute atomic E-state index is 0.0243. The van der Waals surface area contributed by atoms with E-state index >= 15 is 0 Å². The van der Waals surface area contributed by atoms with Gasteiger partial charge in [0.15, 0.2) is 0 Å². The summed E-state index contributed by atoms with van der Waals surface area (Å²) in [4.78, 5) is 19.1. The van der Waals surface area contributed by atoms with Crippen molar-refractivity contribution in [3.05, 3.63) is 70.1 Å². The minimum Gasteiger partial charge on any atom is -0.370 e. The molecule has 1 fully saturated rings. The molecule has 0 aliphatic carbocycles. The largest absolute Gasteiger partial charge is 0.370 e. The van der Waals surface area contributed by atoms with E-state index in [4.69, 9.17) is 11.6 Å². The Morgan fingerprint density at radius 3 is 2.77 bits per heavy atom. The topological polar surface area (TPSA) is 69.0 Å². The summed E-state index contributed by atoms with van der Waals surface area (Å²) in [5.41, 5.74) is 3.43. The number of fused-ring (bicyclic) bond motifs is 1. The van der Waals surface area contributed by atoms with E-state index in [9.17, 15) is 14.4 Å². The van der Waals surface area contributed by atoms with E-state index in [1.54, 1.807) is 25.3 Å². The maximum Gasteiger partial charge on any atom is 0.223 e. The van der Waals surface area contributed by atoms with Gasteiger partial charge in [-0.05, 0) is 55.2 Å². The van der Waals surface area contributed by atoms with E-state index < -0.39 is 0 Å². The number of nitrogens with one attached hydrogen (secondary N) is 1. The summed E-state index contributed by atoms with van der Waals surface area (Å²) in [6.07, 6.45) is 2.93. The number of aryl methyl sites for hydroxylation is 1. The Balaban J connectivity index is 1.44. The number of anilines is 1. The maximum atomic E-state index is 13.7. The molecule has 7 heteroatoms. The Morgan fingerprint density at radius 1 is 1.29 bits per heavy atom. The zero-order chi connectivity index (χ0) is 22.0. The van der Waals surface area contributed by atoms with Gasteiger partial charge in [-0.25, -0.2) is 4.39 Å². The van der Waals surface area contributed by atoms with Gasteiger partial charge in [-0.3, -0.25) is 9.78 Å². The lowest BCUT2D eigenvalue weighted by molar-refractivity contribution is -0.125. The number of nitrogens with zero attached hydrogens (tertiary/aromatic N) is 3. The molecule has 0 bridgehead atoms. The summed E-state index contributed by atoms with van der Waals surface area (Å²) < 4.78 is 13.7. The minimum atomic E-state index is -0.266. The summed E-state index contributed by atoms with van der Waals surface area (Å²) in [7, 11) is 0. The van der Waals surface area contributed by atoms with Crippen molar-refractivity contribution in [3.63, 3.8) is 0 Å². The number of amides is 1. The molecule has 1 N–H and O–H groups in total. The highest BCUT2D eigenvalue weighted by Gasteiger charge is 2.27. The second-order valence-corrected chi connectivity index (χ2v) is 8.29. The molecule has 0 radical (unpaired) electrons. The fourth-order valence-electron chi connectivity index (χ4n) is 4.02. The Hall–Kier alpha value is -3.17. The Bertz CT molecular complexity index is 1180. The summed E-state index contributed by atoms with van der Waals surface area (Å²) in [6.45, 7) is 3.32. The lowest BCUT2D eigenvalue weighted by atomic mass is 9.94. The number of carbonyl (C=O) groups excluding carboxylic acids is 1. The normalized spacial score (nSPS) is 14.5. The van der Waals surface area contributed by atoms with Gasteiger partial charge in [0.2, 0.25) is 5.91 Å². The van der Waals surface area contributed by atoms with Crippen molar-refractivity contribution in [1.82, 2.24) is 10.3 Å². The third-order valence-electron chi connectivity index (χ3n) is 5.81. The average Bonchev–Trinajstić information content (AvgIpc) is 2.79. The van der Waals surface area contributed by atoms with Crippen molar-refractivity contribution in [2.24, 2.45) is 5.92 Å². The summed E-state index contributed by atoms with van der Waals surface area (Å²) >= 11 is 6.19. The van der Waals surface area contributed by atoms with Crippen molar-refractivity contribution in [1.29, 1.82) is 5.26 Å². The summed E-state index contributed by atoms with van der Waals surface area (Å²) in [6, 6.07) is 12.7. The third kappa shape index (κ3) is 4.47. The molecule has 2 aromatic carbocycles. The van der Waals surface area contributed by atoms with Crippen molar-refractivity contribution < 1.29 is 9.18 Å². The zero-order valence-electron chi connectivity index (χ0n) is 17.2. The number of hydrogen-bond acceptors (Lipinski definition) is 4. The highest BCUT2D eigenvalue weighted by molar-refractivity contribution is 6.31. The van der Waals surface area contributed by atoms with E-state index in [-0.39, 0.29) is 17.6 Å². The van der Waals surface area contributed by atoms with Crippen molar-refractivity contribution >= 4 is 34.1 Å². The number of halogens is 2. The van der Waals surface area contributed by atoms with E-state index in [0.717, 1.165) is 22.2 Å². The maximum absolute atomic E-state index is 13.7. The van der Waals surface area contributed by atoms with Crippen LogP contribution in [0.4, 0.5) is 10.1 Å². The predicted octanol–water partition coefficient (Wildman–Crippen LogP) is 4.74. The molecule has 0 spiro atoms. The number of rotatable bonds is 4.